The zero-order valence-corrected chi connectivity index (χ0v) is 14.4. The Bertz CT molecular complexity index is 192. The topological polar surface area (TPSA) is 15.7 Å². The number of rotatable bonds is 9. The Hall–Kier alpha value is -0.163. The van der Waals surface area contributed by atoms with Crippen molar-refractivity contribution in [3.8, 4) is 0 Å². The predicted octanol–water partition coefficient (Wildman–Crippen LogP) is 1.24. The molecule has 0 aromatic rings. The summed E-state index contributed by atoms with van der Waals surface area (Å²) in [5.74, 6) is 0. The van der Waals surface area contributed by atoms with Crippen molar-refractivity contribution in [2.75, 3.05) is 26.2 Å². The van der Waals surface area contributed by atoms with Crippen molar-refractivity contribution in [3.05, 3.63) is 11.8 Å². The number of hydrogen-bond donors (Lipinski definition) is 0. The van der Waals surface area contributed by atoms with Gasteiger partial charge in [-0.1, -0.05) is 33.8 Å². The van der Waals surface area contributed by atoms with E-state index in [1.807, 2.05) is 0 Å². The first-order valence-electron chi connectivity index (χ1n) is 6.90. The van der Waals surface area contributed by atoms with Crippen LogP contribution in [-0.2, 0) is 4.74 Å². The first-order chi connectivity index (χ1) is 8.14. The van der Waals surface area contributed by atoms with Gasteiger partial charge in [0.1, 0.15) is 0 Å². The van der Waals surface area contributed by atoms with Gasteiger partial charge in [-0.3, -0.25) is 9.80 Å². The van der Waals surface area contributed by atoms with E-state index in [1.165, 1.54) is 0 Å². The van der Waals surface area contributed by atoms with Crippen LogP contribution in [0, 0.1) is 0 Å². The van der Waals surface area contributed by atoms with E-state index in [1.54, 1.807) is 0 Å². The van der Waals surface area contributed by atoms with Gasteiger partial charge in [0.25, 0.3) is 0 Å². The maximum Gasteiger partial charge on any atom is 0.169 e. The third-order valence-corrected chi connectivity index (χ3v) is 3.43. The summed E-state index contributed by atoms with van der Waals surface area (Å²) in [7, 11) is 1.10. The fourth-order valence-electron chi connectivity index (χ4n) is 1.98. The third-order valence-electron chi connectivity index (χ3n) is 3.05. The molecule has 0 aromatic carbocycles. The molecule has 3 nitrogen and oxygen atoms in total. The van der Waals surface area contributed by atoms with Crippen LogP contribution in [0.3, 0.4) is 0 Å². The molecule has 102 valence electrons. The van der Waals surface area contributed by atoms with Gasteiger partial charge in [0, 0.05) is 10.2 Å². The molecule has 0 spiro atoms. The summed E-state index contributed by atoms with van der Waals surface area (Å²) >= 11 is 0. The quantitative estimate of drug-likeness (QED) is 0.457. The highest BCUT2D eigenvalue weighted by molar-refractivity contribution is 6.17. The van der Waals surface area contributed by atoms with Gasteiger partial charge in [-0.2, -0.15) is 0 Å². The molecule has 0 rings (SSSR count). The van der Waals surface area contributed by atoms with Crippen molar-refractivity contribution in [1.29, 1.82) is 0 Å². The lowest BCUT2D eigenvalue weighted by Gasteiger charge is -2.38. The van der Waals surface area contributed by atoms with Crippen LogP contribution in [0.4, 0.5) is 0 Å². The minimum Gasteiger partial charge on any atom is -0.343 e. The Balaban J connectivity index is 4.69. The molecule has 0 aliphatic rings. The van der Waals surface area contributed by atoms with E-state index in [4.69, 9.17) is 4.74 Å². The maximum absolute atomic E-state index is 6.17. The summed E-state index contributed by atoms with van der Waals surface area (Å²) in [4.78, 5) is 4.73. The van der Waals surface area contributed by atoms with Crippen LogP contribution in [0.5, 0.6) is 0 Å². The van der Waals surface area contributed by atoms with Crippen molar-refractivity contribution >= 4 is 10.2 Å². The summed E-state index contributed by atoms with van der Waals surface area (Å²) in [6.45, 7) is 15.0. The van der Waals surface area contributed by atoms with Gasteiger partial charge in [-0.25, -0.2) is 0 Å². The molecular formula is C13H30N2OSi. The van der Waals surface area contributed by atoms with Gasteiger partial charge >= 0.3 is 0 Å². The minimum atomic E-state index is 0.105. The SMILES string of the molecule is CCN(CC)C(OC(C)C=C[SiH3])N(CC)CC. The fraction of sp³-hybridized carbons (Fsp3) is 0.846. The number of ether oxygens (including phenoxy) is 1. The molecule has 1 unspecified atom stereocenters. The summed E-state index contributed by atoms with van der Waals surface area (Å²) in [5, 5.41) is 0. The molecule has 4 heteroatoms. The van der Waals surface area contributed by atoms with E-state index in [0.717, 1.165) is 36.4 Å². The molecule has 0 aliphatic carbocycles. The van der Waals surface area contributed by atoms with Crippen molar-refractivity contribution in [1.82, 2.24) is 9.80 Å². The molecule has 0 saturated heterocycles. The van der Waals surface area contributed by atoms with E-state index in [-0.39, 0.29) is 12.5 Å². The smallest absolute Gasteiger partial charge is 0.169 e. The standard InChI is InChI=1S/C13H30N2OSi/c1-6-14(7-2)13(15(8-3)9-4)16-12(5)10-11-17/h10-13H,6-9H2,1-5,17H3. The van der Waals surface area contributed by atoms with Gasteiger partial charge < -0.3 is 4.74 Å². The van der Waals surface area contributed by atoms with Crippen LogP contribution >= 0.6 is 0 Å². The Morgan fingerprint density at radius 2 is 1.41 bits per heavy atom. The van der Waals surface area contributed by atoms with Crippen LogP contribution < -0.4 is 0 Å². The van der Waals surface area contributed by atoms with Crippen molar-refractivity contribution in [2.45, 2.75) is 47.1 Å². The average molecular weight is 258 g/mol. The molecule has 17 heavy (non-hydrogen) atoms. The Kier molecular flexibility index (Phi) is 9.73. The van der Waals surface area contributed by atoms with E-state index < -0.39 is 0 Å². The first-order valence-corrected chi connectivity index (χ1v) is 8.06. The van der Waals surface area contributed by atoms with E-state index in [2.05, 4.69) is 56.2 Å². The molecule has 0 fully saturated rings. The summed E-state index contributed by atoms with van der Waals surface area (Å²) in [6.07, 6.45) is 2.46. The molecule has 0 aromatic heterocycles. The van der Waals surface area contributed by atoms with Crippen molar-refractivity contribution in [2.24, 2.45) is 0 Å². The van der Waals surface area contributed by atoms with Crippen LogP contribution in [0.1, 0.15) is 34.6 Å². The van der Waals surface area contributed by atoms with Crippen LogP contribution in [0.2, 0.25) is 0 Å². The van der Waals surface area contributed by atoms with Gasteiger partial charge in [0.05, 0.1) is 6.10 Å². The van der Waals surface area contributed by atoms with E-state index in [0.29, 0.717) is 0 Å². The largest absolute Gasteiger partial charge is 0.343 e. The third kappa shape index (κ3) is 5.81. The van der Waals surface area contributed by atoms with Crippen LogP contribution in [0.15, 0.2) is 11.8 Å². The fourth-order valence-corrected chi connectivity index (χ4v) is 2.53. The molecule has 0 N–H and O–H groups in total. The summed E-state index contributed by atoms with van der Waals surface area (Å²) < 4.78 is 6.17. The minimum absolute atomic E-state index is 0.105. The van der Waals surface area contributed by atoms with Crippen molar-refractivity contribution in [3.63, 3.8) is 0 Å². The Morgan fingerprint density at radius 3 is 1.71 bits per heavy atom. The maximum atomic E-state index is 6.17. The normalized spacial score (nSPS) is 14.6. The molecule has 0 bridgehead atoms. The Labute approximate surface area is 110 Å². The second-order valence-corrected chi connectivity index (χ2v) is 4.80. The van der Waals surface area contributed by atoms with E-state index >= 15 is 0 Å². The Morgan fingerprint density at radius 1 is 1.00 bits per heavy atom. The van der Waals surface area contributed by atoms with Gasteiger partial charge in [-0.15, -0.1) is 5.70 Å². The second kappa shape index (κ2) is 9.83. The van der Waals surface area contributed by atoms with Gasteiger partial charge in [0.15, 0.2) is 6.35 Å². The van der Waals surface area contributed by atoms with E-state index in [9.17, 15) is 0 Å². The number of nitrogens with zero attached hydrogens (tertiary/aromatic N) is 2. The lowest BCUT2D eigenvalue weighted by atomic mass is 10.4. The highest BCUT2D eigenvalue weighted by Crippen LogP contribution is 2.11. The molecule has 0 amide bonds. The molecule has 0 aliphatic heterocycles. The number of hydrogen-bond acceptors (Lipinski definition) is 3. The predicted molar refractivity (Wildman–Crippen MR) is 79.3 cm³/mol. The summed E-state index contributed by atoms with van der Waals surface area (Å²) in [6, 6.07) is 0. The lowest BCUT2D eigenvalue weighted by Crippen LogP contribution is -2.51. The molecule has 0 radical (unpaired) electrons. The second-order valence-electron chi connectivity index (χ2n) is 4.14. The molecule has 0 heterocycles. The highest BCUT2D eigenvalue weighted by Gasteiger charge is 2.23. The average Bonchev–Trinajstić information content (AvgIpc) is 2.32. The molecule has 1 atom stereocenters. The van der Waals surface area contributed by atoms with Gasteiger partial charge in [0.2, 0.25) is 0 Å². The molecule has 0 saturated carbocycles. The summed E-state index contributed by atoms with van der Waals surface area (Å²) in [5.41, 5.74) is 2.19. The van der Waals surface area contributed by atoms with Crippen LogP contribution in [-0.4, -0.2) is 58.7 Å². The van der Waals surface area contributed by atoms with Gasteiger partial charge in [-0.05, 0) is 33.1 Å². The monoisotopic (exact) mass is 258 g/mol. The van der Waals surface area contributed by atoms with Crippen molar-refractivity contribution < 1.29 is 4.74 Å². The van der Waals surface area contributed by atoms with Crippen LogP contribution in [0.25, 0.3) is 0 Å². The first kappa shape index (κ1) is 16.8. The highest BCUT2D eigenvalue weighted by atomic mass is 28.1. The molecular weight excluding hydrogens is 228 g/mol. The zero-order valence-electron chi connectivity index (χ0n) is 12.4. The lowest BCUT2D eigenvalue weighted by molar-refractivity contribution is -0.162. The zero-order chi connectivity index (χ0) is 13.3.